The van der Waals surface area contributed by atoms with Gasteiger partial charge in [-0.15, -0.1) is 0 Å². The zero-order chi connectivity index (χ0) is 12.7. The summed E-state index contributed by atoms with van der Waals surface area (Å²) in [7, 11) is 0. The van der Waals surface area contributed by atoms with Gasteiger partial charge < -0.3 is 15.8 Å². The Morgan fingerprint density at radius 3 is 2.59 bits per heavy atom. The molecule has 0 aliphatic heterocycles. The number of nitrogens with one attached hydrogen (secondary N) is 1. The number of rotatable bonds is 6. The smallest absolute Gasteiger partial charge is 0.237 e. The quantitative estimate of drug-likeness (QED) is 0.499. The predicted octanol–water partition coefficient (Wildman–Crippen LogP) is 0.170. The van der Waals surface area contributed by atoms with Gasteiger partial charge in [-0.2, -0.15) is 12.6 Å². The first-order chi connectivity index (χ1) is 8.17. The zero-order valence-corrected chi connectivity index (χ0v) is 10.3. The Bertz CT molecular complexity index is 370. The minimum atomic E-state index is -0.653. The Labute approximate surface area is 106 Å². The summed E-state index contributed by atoms with van der Waals surface area (Å²) in [6.07, 6.45) is 1.10. The summed E-state index contributed by atoms with van der Waals surface area (Å²) >= 11 is 3.95. The maximum Gasteiger partial charge on any atom is 0.237 e. The first-order valence-electron chi connectivity index (χ1n) is 5.33. The largest absolute Gasteiger partial charge is 0.344 e. The fourth-order valence-electron chi connectivity index (χ4n) is 1.37. The Morgan fingerprint density at radius 2 is 2.06 bits per heavy atom. The van der Waals surface area contributed by atoms with Gasteiger partial charge in [0, 0.05) is 5.75 Å². The Hall–Kier alpha value is -1.33. The number of carbonyl (C=O) groups excluding carboxylic acids is 2. The third kappa shape index (κ3) is 4.58. The van der Waals surface area contributed by atoms with E-state index in [2.05, 4.69) is 17.9 Å². The molecule has 0 fully saturated rings. The summed E-state index contributed by atoms with van der Waals surface area (Å²) in [5, 5.41) is 2.53. The van der Waals surface area contributed by atoms with Gasteiger partial charge in [0.25, 0.3) is 0 Å². The lowest BCUT2D eigenvalue weighted by Crippen LogP contribution is -2.47. The molecule has 4 nitrogen and oxygen atoms in total. The number of thiol groups is 1. The normalized spacial score (nSPS) is 13.8. The molecule has 0 saturated carbocycles. The SMILES string of the molecule is N[C@@H](Cc1ccccc1)C(=O)N[C@H](C=O)CS. The first-order valence-corrected chi connectivity index (χ1v) is 5.96. The van der Waals surface area contributed by atoms with E-state index in [9.17, 15) is 9.59 Å². The predicted molar refractivity (Wildman–Crippen MR) is 70.0 cm³/mol. The second-order valence-corrected chi connectivity index (χ2v) is 4.10. The lowest BCUT2D eigenvalue weighted by atomic mass is 10.1. The molecule has 0 spiro atoms. The summed E-state index contributed by atoms with van der Waals surface area (Å²) in [5.74, 6) is -0.0622. The second-order valence-electron chi connectivity index (χ2n) is 3.73. The van der Waals surface area contributed by atoms with Crippen molar-refractivity contribution in [3.63, 3.8) is 0 Å². The molecule has 0 radical (unpaired) electrons. The molecular weight excluding hydrogens is 236 g/mol. The van der Waals surface area contributed by atoms with Gasteiger partial charge in [0.15, 0.2) is 0 Å². The van der Waals surface area contributed by atoms with Crippen LogP contribution in [0.15, 0.2) is 30.3 Å². The van der Waals surface area contributed by atoms with E-state index in [0.717, 1.165) is 5.56 Å². The Morgan fingerprint density at radius 1 is 1.41 bits per heavy atom. The molecule has 1 aromatic carbocycles. The van der Waals surface area contributed by atoms with Crippen molar-refractivity contribution in [2.45, 2.75) is 18.5 Å². The van der Waals surface area contributed by atoms with Crippen molar-refractivity contribution in [3.8, 4) is 0 Å². The molecule has 0 bridgehead atoms. The van der Waals surface area contributed by atoms with Crippen LogP contribution in [0, 0.1) is 0 Å². The Balaban J connectivity index is 2.50. The monoisotopic (exact) mass is 252 g/mol. The van der Waals surface area contributed by atoms with Crippen molar-refractivity contribution < 1.29 is 9.59 Å². The van der Waals surface area contributed by atoms with E-state index in [1.165, 1.54) is 0 Å². The molecule has 1 rings (SSSR count). The third-order valence-electron chi connectivity index (χ3n) is 2.32. The summed E-state index contributed by atoms with van der Waals surface area (Å²) in [5.41, 5.74) is 6.74. The van der Waals surface area contributed by atoms with E-state index in [1.807, 2.05) is 30.3 Å². The number of carbonyl (C=O) groups is 2. The van der Waals surface area contributed by atoms with E-state index in [1.54, 1.807) is 0 Å². The molecule has 1 amide bonds. The van der Waals surface area contributed by atoms with Crippen LogP contribution in [-0.4, -0.2) is 30.0 Å². The highest BCUT2D eigenvalue weighted by atomic mass is 32.1. The van der Waals surface area contributed by atoms with E-state index in [4.69, 9.17) is 5.73 Å². The van der Waals surface area contributed by atoms with Crippen molar-refractivity contribution in [2.24, 2.45) is 5.73 Å². The van der Waals surface area contributed by atoms with Crippen molar-refractivity contribution in [1.29, 1.82) is 0 Å². The molecule has 5 heteroatoms. The Kier molecular flexibility index (Phi) is 5.72. The van der Waals surface area contributed by atoms with Crippen molar-refractivity contribution in [2.75, 3.05) is 5.75 Å². The van der Waals surface area contributed by atoms with Gasteiger partial charge in [-0.3, -0.25) is 4.79 Å². The lowest BCUT2D eigenvalue weighted by molar-refractivity contribution is -0.124. The van der Waals surface area contributed by atoms with Gasteiger partial charge in [0.1, 0.15) is 6.29 Å². The maximum absolute atomic E-state index is 11.6. The van der Waals surface area contributed by atoms with Crippen LogP contribution in [0.25, 0.3) is 0 Å². The molecule has 3 N–H and O–H groups in total. The number of benzene rings is 1. The van der Waals surface area contributed by atoms with Crippen LogP contribution in [0.5, 0.6) is 0 Å². The van der Waals surface area contributed by atoms with Crippen LogP contribution < -0.4 is 11.1 Å². The van der Waals surface area contributed by atoms with Crippen molar-refractivity contribution in [1.82, 2.24) is 5.32 Å². The van der Waals surface area contributed by atoms with Crippen LogP contribution in [-0.2, 0) is 16.0 Å². The van der Waals surface area contributed by atoms with Gasteiger partial charge in [-0.05, 0) is 12.0 Å². The topological polar surface area (TPSA) is 72.2 Å². The molecule has 0 aromatic heterocycles. The standard InChI is InChI=1S/C12H16N2O2S/c13-11(6-9-4-2-1-3-5-9)12(16)14-10(7-15)8-17/h1-5,7,10-11,17H,6,8,13H2,(H,14,16)/t10-,11+/m1/s1. The van der Waals surface area contributed by atoms with Gasteiger partial charge in [-0.25, -0.2) is 0 Å². The second kappa shape index (κ2) is 7.09. The number of hydrogen-bond acceptors (Lipinski definition) is 4. The highest BCUT2D eigenvalue weighted by molar-refractivity contribution is 7.80. The summed E-state index contributed by atoms with van der Waals surface area (Å²) in [6.45, 7) is 0. The van der Waals surface area contributed by atoms with Crippen molar-refractivity contribution >= 4 is 24.8 Å². The summed E-state index contributed by atoms with van der Waals surface area (Å²) in [6, 6.07) is 8.26. The van der Waals surface area contributed by atoms with E-state index < -0.39 is 12.1 Å². The van der Waals surface area contributed by atoms with Crippen LogP contribution in [0.1, 0.15) is 5.56 Å². The van der Waals surface area contributed by atoms with E-state index in [0.29, 0.717) is 12.7 Å². The molecular formula is C12H16N2O2S. The molecule has 0 unspecified atom stereocenters. The summed E-state index contributed by atoms with van der Waals surface area (Å²) in [4.78, 5) is 22.2. The molecule has 17 heavy (non-hydrogen) atoms. The van der Waals surface area contributed by atoms with Crippen LogP contribution in [0.3, 0.4) is 0 Å². The molecule has 0 heterocycles. The minimum absolute atomic E-state index is 0.271. The highest BCUT2D eigenvalue weighted by Crippen LogP contribution is 2.02. The average Bonchev–Trinajstić information content (AvgIpc) is 2.36. The average molecular weight is 252 g/mol. The molecule has 92 valence electrons. The molecule has 0 aliphatic carbocycles. The van der Waals surface area contributed by atoms with Gasteiger partial charge in [0.2, 0.25) is 5.91 Å². The van der Waals surface area contributed by atoms with Gasteiger partial charge in [-0.1, -0.05) is 30.3 Å². The number of hydrogen-bond donors (Lipinski definition) is 3. The zero-order valence-electron chi connectivity index (χ0n) is 9.37. The fraction of sp³-hybridized carbons (Fsp3) is 0.333. The first kappa shape index (κ1) is 13.7. The fourth-order valence-corrected chi connectivity index (χ4v) is 1.55. The molecule has 1 aromatic rings. The van der Waals surface area contributed by atoms with Gasteiger partial charge in [0.05, 0.1) is 12.1 Å². The number of aldehydes is 1. The van der Waals surface area contributed by atoms with Crippen LogP contribution >= 0.6 is 12.6 Å². The molecule has 2 atom stereocenters. The third-order valence-corrected chi connectivity index (χ3v) is 2.72. The summed E-state index contributed by atoms with van der Waals surface area (Å²) < 4.78 is 0. The number of nitrogens with two attached hydrogens (primary N) is 1. The minimum Gasteiger partial charge on any atom is -0.344 e. The van der Waals surface area contributed by atoms with Crippen molar-refractivity contribution in [3.05, 3.63) is 35.9 Å². The highest BCUT2D eigenvalue weighted by Gasteiger charge is 2.17. The number of amides is 1. The van der Waals surface area contributed by atoms with E-state index in [-0.39, 0.29) is 11.7 Å². The maximum atomic E-state index is 11.6. The van der Waals surface area contributed by atoms with E-state index >= 15 is 0 Å². The lowest BCUT2D eigenvalue weighted by Gasteiger charge is -2.15. The van der Waals surface area contributed by atoms with Gasteiger partial charge >= 0.3 is 0 Å². The van der Waals surface area contributed by atoms with Crippen LogP contribution in [0.2, 0.25) is 0 Å². The van der Waals surface area contributed by atoms with Crippen LogP contribution in [0.4, 0.5) is 0 Å². The molecule has 0 saturated heterocycles. The molecule has 0 aliphatic rings.